The second-order valence-electron chi connectivity index (χ2n) is 6.27. The molecule has 0 atom stereocenters. The molecule has 2 aromatic carbocycles. The summed E-state index contributed by atoms with van der Waals surface area (Å²) in [6.07, 6.45) is 0. The van der Waals surface area contributed by atoms with Gasteiger partial charge >= 0.3 is 0 Å². The van der Waals surface area contributed by atoms with Gasteiger partial charge in [0.2, 0.25) is 0 Å². The molecule has 1 fully saturated rings. The molecule has 1 aliphatic rings. The van der Waals surface area contributed by atoms with Crippen LogP contribution in [0.4, 0.5) is 4.39 Å². The fraction of sp³-hybridized carbons (Fsp3) is 0.350. The van der Waals surface area contributed by atoms with Gasteiger partial charge in [-0.3, -0.25) is 9.69 Å². The fourth-order valence-corrected chi connectivity index (χ4v) is 2.94. The average Bonchev–Trinajstić information content (AvgIpc) is 2.69. The molecule has 1 aliphatic heterocycles. The molecule has 0 aliphatic carbocycles. The van der Waals surface area contributed by atoms with Gasteiger partial charge in [-0.1, -0.05) is 11.6 Å². The molecule has 0 unspecified atom stereocenters. The minimum absolute atomic E-state index is 0.0211. The van der Waals surface area contributed by atoms with E-state index in [4.69, 9.17) is 21.1 Å². The summed E-state index contributed by atoms with van der Waals surface area (Å²) < 4.78 is 24.0. The van der Waals surface area contributed by atoms with Crippen molar-refractivity contribution in [3.8, 4) is 11.5 Å². The summed E-state index contributed by atoms with van der Waals surface area (Å²) in [7, 11) is 0. The molecule has 7 heteroatoms. The Kier molecular flexibility index (Phi) is 6.90. The van der Waals surface area contributed by atoms with Crippen molar-refractivity contribution in [1.29, 1.82) is 0 Å². The Hall–Kier alpha value is -2.31. The van der Waals surface area contributed by atoms with Crippen molar-refractivity contribution in [3.05, 3.63) is 59.4 Å². The minimum Gasteiger partial charge on any atom is -0.492 e. The van der Waals surface area contributed by atoms with Crippen molar-refractivity contribution in [1.82, 2.24) is 9.80 Å². The molecule has 1 amide bonds. The van der Waals surface area contributed by atoms with Crippen LogP contribution >= 0.6 is 11.6 Å². The molecule has 144 valence electrons. The first-order valence-corrected chi connectivity index (χ1v) is 9.25. The van der Waals surface area contributed by atoms with Crippen molar-refractivity contribution in [3.63, 3.8) is 0 Å². The van der Waals surface area contributed by atoms with E-state index in [0.29, 0.717) is 36.2 Å². The van der Waals surface area contributed by atoms with Crippen LogP contribution < -0.4 is 9.47 Å². The zero-order valence-corrected chi connectivity index (χ0v) is 15.7. The summed E-state index contributed by atoms with van der Waals surface area (Å²) in [5.74, 6) is 0.990. The van der Waals surface area contributed by atoms with E-state index in [9.17, 15) is 9.18 Å². The topological polar surface area (TPSA) is 42.0 Å². The molecule has 0 radical (unpaired) electrons. The highest BCUT2D eigenvalue weighted by atomic mass is 35.5. The summed E-state index contributed by atoms with van der Waals surface area (Å²) in [5, 5.41) is 0.633. The maximum absolute atomic E-state index is 12.9. The maximum Gasteiger partial charge on any atom is 0.260 e. The summed E-state index contributed by atoms with van der Waals surface area (Å²) in [6.45, 7) is 4.23. The Morgan fingerprint density at radius 3 is 2.19 bits per heavy atom. The van der Waals surface area contributed by atoms with Crippen LogP contribution in [0.25, 0.3) is 0 Å². The Balaban J connectivity index is 1.33. The maximum atomic E-state index is 12.9. The SMILES string of the molecule is O=C(COc1ccc(Cl)cc1)N1CCN(CCOc2ccc(F)cc2)CC1. The van der Waals surface area contributed by atoms with E-state index >= 15 is 0 Å². The Morgan fingerprint density at radius 2 is 1.52 bits per heavy atom. The Morgan fingerprint density at radius 1 is 0.926 bits per heavy atom. The second-order valence-corrected chi connectivity index (χ2v) is 6.70. The smallest absolute Gasteiger partial charge is 0.260 e. The third kappa shape index (κ3) is 6.12. The third-order valence-corrected chi connectivity index (χ3v) is 4.64. The average molecular weight is 393 g/mol. The van der Waals surface area contributed by atoms with Gasteiger partial charge in [0, 0.05) is 37.7 Å². The largest absolute Gasteiger partial charge is 0.492 e. The standard InChI is InChI=1S/C20H22ClFN2O3/c21-16-1-5-19(6-2-16)27-15-20(25)24-11-9-23(10-12-24)13-14-26-18-7-3-17(22)4-8-18/h1-8H,9-15H2. The molecule has 0 aromatic heterocycles. The van der Waals surface area contributed by atoms with Crippen LogP contribution in [0.15, 0.2) is 48.5 Å². The fourth-order valence-electron chi connectivity index (χ4n) is 2.81. The number of amides is 1. The van der Waals surface area contributed by atoms with Gasteiger partial charge in [0.25, 0.3) is 5.91 Å². The van der Waals surface area contributed by atoms with Crippen LogP contribution in [0, 0.1) is 5.82 Å². The van der Waals surface area contributed by atoms with Gasteiger partial charge in [-0.15, -0.1) is 0 Å². The van der Waals surface area contributed by atoms with Gasteiger partial charge in [-0.25, -0.2) is 4.39 Å². The van der Waals surface area contributed by atoms with Crippen molar-refractivity contribution in [2.24, 2.45) is 0 Å². The highest BCUT2D eigenvalue weighted by molar-refractivity contribution is 6.30. The van der Waals surface area contributed by atoms with E-state index in [1.165, 1.54) is 12.1 Å². The van der Waals surface area contributed by atoms with E-state index in [2.05, 4.69) is 4.90 Å². The predicted octanol–water partition coefficient (Wildman–Crippen LogP) is 3.08. The number of hydrogen-bond donors (Lipinski definition) is 0. The lowest BCUT2D eigenvalue weighted by molar-refractivity contribution is -0.135. The number of nitrogens with zero attached hydrogens (tertiary/aromatic N) is 2. The number of carbonyl (C=O) groups excluding carboxylic acids is 1. The molecule has 0 spiro atoms. The number of piperazine rings is 1. The van der Waals surface area contributed by atoms with Crippen molar-refractivity contribution < 1.29 is 18.7 Å². The first-order valence-electron chi connectivity index (χ1n) is 8.87. The van der Waals surface area contributed by atoms with E-state index in [-0.39, 0.29) is 18.3 Å². The zero-order valence-electron chi connectivity index (χ0n) is 14.9. The summed E-state index contributed by atoms with van der Waals surface area (Å²) in [6, 6.07) is 12.9. The summed E-state index contributed by atoms with van der Waals surface area (Å²) >= 11 is 5.83. The lowest BCUT2D eigenvalue weighted by atomic mass is 10.3. The molecule has 27 heavy (non-hydrogen) atoms. The van der Waals surface area contributed by atoms with Crippen LogP contribution in [0.2, 0.25) is 5.02 Å². The Bertz CT molecular complexity index is 732. The lowest BCUT2D eigenvalue weighted by Crippen LogP contribution is -2.50. The highest BCUT2D eigenvalue weighted by Crippen LogP contribution is 2.16. The van der Waals surface area contributed by atoms with Crippen LogP contribution in [-0.4, -0.2) is 61.6 Å². The van der Waals surface area contributed by atoms with Crippen molar-refractivity contribution >= 4 is 17.5 Å². The summed E-state index contributed by atoms with van der Waals surface area (Å²) in [4.78, 5) is 16.3. The van der Waals surface area contributed by atoms with Crippen LogP contribution in [0.5, 0.6) is 11.5 Å². The number of carbonyl (C=O) groups is 1. The number of halogens is 2. The first kappa shape index (κ1) is 19.5. The van der Waals surface area contributed by atoms with Gasteiger partial charge in [0.15, 0.2) is 6.61 Å². The van der Waals surface area contributed by atoms with E-state index in [1.54, 1.807) is 36.4 Å². The highest BCUT2D eigenvalue weighted by Gasteiger charge is 2.21. The molecule has 0 N–H and O–H groups in total. The van der Waals surface area contributed by atoms with Crippen molar-refractivity contribution in [2.75, 3.05) is 45.9 Å². The zero-order chi connectivity index (χ0) is 19.1. The molecular weight excluding hydrogens is 371 g/mol. The first-order chi connectivity index (χ1) is 13.1. The van der Waals surface area contributed by atoms with Crippen molar-refractivity contribution in [2.45, 2.75) is 0 Å². The number of benzene rings is 2. The Labute approximate surface area is 163 Å². The molecule has 1 heterocycles. The molecule has 0 bridgehead atoms. The van der Waals surface area contributed by atoms with E-state index in [1.807, 2.05) is 4.90 Å². The van der Waals surface area contributed by atoms with Gasteiger partial charge in [0.1, 0.15) is 23.9 Å². The number of rotatable bonds is 7. The monoisotopic (exact) mass is 392 g/mol. The molecule has 0 saturated carbocycles. The molecule has 5 nitrogen and oxygen atoms in total. The normalized spacial score (nSPS) is 14.8. The third-order valence-electron chi connectivity index (χ3n) is 4.39. The van der Waals surface area contributed by atoms with Gasteiger partial charge < -0.3 is 14.4 Å². The van der Waals surface area contributed by atoms with Gasteiger partial charge in [-0.2, -0.15) is 0 Å². The predicted molar refractivity (Wildman–Crippen MR) is 102 cm³/mol. The number of ether oxygens (including phenoxy) is 2. The summed E-state index contributed by atoms with van der Waals surface area (Å²) in [5.41, 5.74) is 0. The van der Waals surface area contributed by atoms with Crippen LogP contribution in [0.1, 0.15) is 0 Å². The number of hydrogen-bond acceptors (Lipinski definition) is 4. The van der Waals surface area contributed by atoms with E-state index < -0.39 is 0 Å². The second kappa shape index (κ2) is 9.58. The van der Waals surface area contributed by atoms with Gasteiger partial charge in [-0.05, 0) is 48.5 Å². The molecule has 1 saturated heterocycles. The molecule has 2 aromatic rings. The molecule has 3 rings (SSSR count). The minimum atomic E-state index is -0.275. The lowest BCUT2D eigenvalue weighted by Gasteiger charge is -2.34. The quantitative estimate of drug-likeness (QED) is 0.726. The van der Waals surface area contributed by atoms with E-state index in [0.717, 1.165) is 19.6 Å². The van der Waals surface area contributed by atoms with Crippen LogP contribution in [-0.2, 0) is 4.79 Å². The molecular formula is C20H22ClFN2O3. The van der Waals surface area contributed by atoms with Gasteiger partial charge in [0.05, 0.1) is 0 Å². The van der Waals surface area contributed by atoms with Crippen LogP contribution in [0.3, 0.4) is 0 Å².